The monoisotopic (exact) mass is 320 g/mol. The maximum absolute atomic E-state index is 5.74. The largest absolute Gasteiger partial charge is 0.636 e. The van der Waals surface area contributed by atoms with Gasteiger partial charge in [0.05, 0.1) is 0 Å². The van der Waals surface area contributed by atoms with Crippen molar-refractivity contribution in [3.63, 3.8) is 0 Å². The smallest absolute Gasteiger partial charge is 0.397 e. The number of hydrogen-bond acceptors (Lipinski definition) is 4. The highest BCUT2D eigenvalue weighted by Crippen LogP contribution is 2.09. The Morgan fingerprint density at radius 1 is 0.588 bits per heavy atom. The average Bonchev–Trinajstić information content (AvgIpc) is 2.37. The van der Waals surface area contributed by atoms with Gasteiger partial charge in [-0.3, -0.25) is 0 Å². The van der Waals surface area contributed by atoms with Crippen molar-refractivity contribution in [2.24, 2.45) is 0 Å². The molecule has 0 aliphatic carbocycles. The minimum absolute atomic E-state index is 0.852. The topological polar surface area (TPSA) is 36.9 Å². The highest BCUT2D eigenvalue weighted by atomic mass is 28.5. The van der Waals surface area contributed by atoms with Crippen molar-refractivity contribution in [1.82, 2.24) is 0 Å². The second-order valence-corrected chi connectivity index (χ2v) is 12.2. The summed E-state index contributed by atoms with van der Waals surface area (Å²) in [6.07, 6.45) is 0. The van der Waals surface area contributed by atoms with Gasteiger partial charge in [0.15, 0.2) is 39.1 Å². The van der Waals surface area contributed by atoms with Crippen molar-refractivity contribution < 1.29 is 16.5 Å². The van der Waals surface area contributed by atoms with Gasteiger partial charge in [0.25, 0.3) is 0 Å². The van der Waals surface area contributed by atoms with Crippen molar-refractivity contribution in [3.8, 4) is 0 Å². The predicted molar refractivity (Wildman–Crippen MR) is 85.1 cm³/mol. The quantitative estimate of drug-likeness (QED) is 0.406. The lowest BCUT2D eigenvalue weighted by molar-refractivity contribution is 0.180. The van der Waals surface area contributed by atoms with Crippen molar-refractivity contribution in [2.45, 2.75) is 0 Å². The molecule has 0 radical (unpaired) electrons. The third-order valence-corrected chi connectivity index (χ3v) is 10.8. The Kier molecular flexibility index (Phi) is 10.9. The molecule has 0 aliphatic rings. The average molecular weight is 321 g/mol. The summed E-state index contributed by atoms with van der Waals surface area (Å²) in [7, 11) is -6.33. The van der Waals surface area contributed by atoms with E-state index >= 15 is 0 Å². The molecule has 9 heteroatoms. The summed E-state index contributed by atoms with van der Waals surface area (Å²) in [6.45, 7) is 14.7. The van der Waals surface area contributed by atoms with E-state index in [0.717, 1.165) is 0 Å². The SMILES string of the molecule is C=C[SiH2]O[Si](O[SiH2]C=C)(O[SiH2]C=C)O[SiH2]C=C. The molecule has 17 heavy (non-hydrogen) atoms. The highest BCUT2D eigenvalue weighted by molar-refractivity contribution is 6.74. The van der Waals surface area contributed by atoms with Crippen LogP contribution < -0.4 is 0 Å². The van der Waals surface area contributed by atoms with Crippen LogP contribution in [0.25, 0.3) is 0 Å². The van der Waals surface area contributed by atoms with Gasteiger partial charge in [-0.05, 0) is 0 Å². The molecule has 0 atom stereocenters. The summed E-state index contributed by atoms with van der Waals surface area (Å²) in [4.78, 5) is 0. The Bertz CT molecular complexity index is 207. The Morgan fingerprint density at radius 3 is 1.00 bits per heavy atom. The van der Waals surface area contributed by atoms with E-state index in [1.807, 2.05) is 0 Å². The number of rotatable bonds is 12. The van der Waals surface area contributed by atoms with E-state index in [9.17, 15) is 0 Å². The molecule has 0 N–H and O–H groups in total. The highest BCUT2D eigenvalue weighted by Gasteiger charge is 2.42. The van der Waals surface area contributed by atoms with Gasteiger partial charge in [0.1, 0.15) is 0 Å². The van der Waals surface area contributed by atoms with E-state index in [1.165, 1.54) is 0 Å². The van der Waals surface area contributed by atoms with Gasteiger partial charge in [-0.15, -0.1) is 26.3 Å². The van der Waals surface area contributed by atoms with Crippen LogP contribution in [-0.4, -0.2) is 48.1 Å². The predicted octanol–water partition coefficient (Wildman–Crippen LogP) is -1.60. The van der Waals surface area contributed by atoms with Crippen LogP contribution in [0.3, 0.4) is 0 Å². The first-order chi connectivity index (χ1) is 8.24. The Balaban J connectivity index is 4.59. The van der Waals surface area contributed by atoms with Crippen LogP contribution in [0, 0.1) is 0 Å². The molecular weight excluding hydrogens is 301 g/mol. The fourth-order valence-corrected chi connectivity index (χ4v) is 12.5. The molecule has 0 amide bonds. The summed E-state index contributed by atoms with van der Waals surface area (Å²) in [5, 5.41) is 0. The van der Waals surface area contributed by atoms with Crippen LogP contribution in [0.15, 0.2) is 49.1 Å². The molecule has 0 bridgehead atoms. The van der Waals surface area contributed by atoms with E-state index in [4.69, 9.17) is 16.5 Å². The van der Waals surface area contributed by atoms with Gasteiger partial charge < -0.3 is 16.5 Å². The van der Waals surface area contributed by atoms with Crippen LogP contribution in [0.2, 0.25) is 0 Å². The number of hydrogen-bond donors (Lipinski definition) is 0. The van der Waals surface area contributed by atoms with Crippen LogP contribution >= 0.6 is 0 Å². The van der Waals surface area contributed by atoms with Gasteiger partial charge >= 0.3 is 9.05 Å². The molecule has 0 aromatic rings. The summed E-state index contributed by atoms with van der Waals surface area (Å²) >= 11 is 0. The molecule has 0 aliphatic heterocycles. The van der Waals surface area contributed by atoms with Crippen molar-refractivity contribution in [3.05, 3.63) is 49.1 Å². The lowest BCUT2D eigenvalue weighted by Crippen LogP contribution is -2.52. The molecular formula is C8H20O4Si5. The van der Waals surface area contributed by atoms with Crippen LogP contribution in [0.4, 0.5) is 0 Å². The Morgan fingerprint density at radius 2 is 0.824 bits per heavy atom. The fraction of sp³-hybridized carbons (Fsp3) is 0. The second-order valence-electron chi connectivity index (χ2n) is 2.90. The van der Waals surface area contributed by atoms with E-state index in [2.05, 4.69) is 26.3 Å². The van der Waals surface area contributed by atoms with E-state index in [-0.39, 0.29) is 0 Å². The Labute approximate surface area is 114 Å². The van der Waals surface area contributed by atoms with Gasteiger partial charge in [0, 0.05) is 0 Å². The third-order valence-electron chi connectivity index (χ3n) is 1.51. The van der Waals surface area contributed by atoms with Crippen molar-refractivity contribution >= 4 is 48.1 Å². The zero-order valence-corrected chi connectivity index (χ0v) is 16.8. The maximum atomic E-state index is 5.74. The molecule has 96 valence electrons. The van der Waals surface area contributed by atoms with Gasteiger partial charge in [-0.2, -0.15) is 0 Å². The minimum Gasteiger partial charge on any atom is -0.397 e. The minimum atomic E-state index is -2.92. The van der Waals surface area contributed by atoms with E-state index in [1.54, 1.807) is 22.8 Å². The first-order valence-electron chi connectivity index (χ1n) is 5.24. The van der Waals surface area contributed by atoms with E-state index in [0.29, 0.717) is 0 Å². The third kappa shape index (κ3) is 7.74. The van der Waals surface area contributed by atoms with Gasteiger partial charge in [0.2, 0.25) is 0 Å². The first kappa shape index (κ1) is 16.9. The second kappa shape index (κ2) is 11.0. The molecule has 0 rings (SSSR count). The van der Waals surface area contributed by atoms with Crippen LogP contribution in [0.1, 0.15) is 0 Å². The van der Waals surface area contributed by atoms with Crippen molar-refractivity contribution in [1.29, 1.82) is 0 Å². The molecule has 0 spiro atoms. The molecule has 0 aromatic carbocycles. The zero-order chi connectivity index (χ0) is 13.0. The Hall–Kier alpha value is -0.116. The molecule has 0 fully saturated rings. The molecule has 0 saturated carbocycles. The lowest BCUT2D eigenvalue weighted by atomic mass is 11.3. The zero-order valence-electron chi connectivity index (χ0n) is 10.1. The molecule has 4 nitrogen and oxygen atoms in total. The summed E-state index contributed by atoms with van der Waals surface area (Å²) in [5.74, 6) is 0. The van der Waals surface area contributed by atoms with E-state index < -0.39 is 48.1 Å². The lowest BCUT2D eigenvalue weighted by Gasteiger charge is -2.28. The van der Waals surface area contributed by atoms with Gasteiger partial charge in [-0.1, -0.05) is 22.8 Å². The molecule has 0 heterocycles. The normalized spacial score (nSPS) is 16.5. The van der Waals surface area contributed by atoms with Crippen LogP contribution in [0.5, 0.6) is 0 Å². The summed E-state index contributed by atoms with van der Waals surface area (Å²) in [6, 6.07) is 0. The molecule has 0 aromatic heterocycles. The van der Waals surface area contributed by atoms with Crippen molar-refractivity contribution in [2.75, 3.05) is 0 Å². The molecule has 0 saturated heterocycles. The van der Waals surface area contributed by atoms with Crippen LogP contribution in [-0.2, 0) is 16.5 Å². The summed E-state index contributed by atoms with van der Waals surface area (Å²) in [5.41, 5.74) is 7.16. The first-order valence-corrected chi connectivity index (χ1v) is 12.4. The molecule has 0 unspecified atom stereocenters. The summed E-state index contributed by atoms with van der Waals surface area (Å²) < 4.78 is 23.0. The standard InChI is InChI=1S/C8H20O4Si5/c1-5-13-9-17(10-14-6-2,11-15-7-3)12-16-8-4/h5-8H,1-4,13-16H2. The fourth-order valence-electron chi connectivity index (χ4n) is 0.894. The van der Waals surface area contributed by atoms with Gasteiger partial charge in [-0.25, -0.2) is 0 Å². The maximum Gasteiger partial charge on any atom is 0.636 e.